The molecule has 1 aromatic heterocycles. The van der Waals surface area contributed by atoms with Gasteiger partial charge in [-0.3, -0.25) is 0 Å². The van der Waals surface area contributed by atoms with Gasteiger partial charge in [0.05, 0.1) is 10.1 Å². The molecule has 2 heterocycles. The van der Waals surface area contributed by atoms with Crippen molar-refractivity contribution in [1.29, 1.82) is 0 Å². The Morgan fingerprint density at radius 3 is 2.41 bits per heavy atom. The largest absolute Gasteiger partial charge is 0.478 e. The van der Waals surface area contributed by atoms with Gasteiger partial charge in [0.2, 0.25) is 0 Å². The van der Waals surface area contributed by atoms with Crippen molar-refractivity contribution in [2.45, 2.75) is 4.58 Å². The molecule has 1 aromatic rings. The van der Waals surface area contributed by atoms with E-state index in [1.165, 1.54) is 12.3 Å². The summed E-state index contributed by atoms with van der Waals surface area (Å²) >= 11 is 3.43. The van der Waals surface area contributed by atoms with E-state index in [4.69, 9.17) is 10.2 Å². The third-order valence-corrected chi connectivity index (χ3v) is 5.34. The zero-order valence-electron chi connectivity index (χ0n) is 8.62. The fraction of sp³-hybridized carbons (Fsp3) is 0.300. The molecule has 0 saturated carbocycles. The van der Waals surface area contributed by atoms with Crippen molar-refractivity contribution < 1.29 is 19.8 Å². The zero-order chi connectivity index (χ0) is 12.4. The van der Waals surface area contributed by atoms with Gasteiger partial charge in [-0.1, -0.05) is 0 Å². The van der Waals surface area contributed by atoms with E-state index in [0.29, 0.717) is 0 Å². The summed E-state index contributed by atoms with van der Waals surface area (Å²) in [6.45, 7) is 0. The molecular weight excluding hydrogens is 262 g/mol. The molecule has 2 rings (SSSR count). The predicted octanol–water partition coefficient (Wildman–Crippen LogP) is 1.96. The first-order chi connectivity index (χ1) is 8.09. The summed E-state index contributed by atoms with van der Waals surface area (Å²) in [4.78, 5) is 25.5. The molecular formula is C10H9NO4S2. The number of carboxylic acids is 2. The Morgan fingerprint density at radius 2 is 1.88 bits per heavy atom. The van der Waals surface area contributed by atoms with Crippen LogP contribution in [0.5, 0.6) is 0 Å². The summed E-state index contributed by atoms with van der Waals surface area (Å²) in [6, 6.07) is 1.41. The highest BCUT2D eigenvalue weighted by Gasteiger charge is 2.23. The molecule has 1 fully saturated rings. The first kappa shape index (κ1) is 12.3. The molecule has 0 radical (unpaired) electrons. The van der Waals surface area contributed by atoms with Gasteiger partial charge < -0.3 is 10.2 Å². The van der Waals surface area contributed by atoms with Gasteiger partial charge in [-0.15, -0.1) is 23.5 Å². The maximum atomic E-state index is 11.0. The van der Waals surface area contributed by atoms with Crippen LogP contribution in [0, 0.1) is 0 Å². The molecule has 1 saturated heterocycles. The van der Waals surface area contributed by atoms with Crippen molar-refractivity contribution in [3.05, 3.63) is 29.1 Å². The number of aromatic nitrogens is 1. The van der Waals surface area contributed by atoms with E-state index in [-0.39, 0.29) is 10.1 Å². The van der Waals surface area contributed by atoms with Crippen molar-refractivity contribution >= 4 is 35.5 Å². The molecule has 17 heavy (non-hydrogen) atoms. The average Bonchev–Trinajstić information content (AvgIpc) is 2.81. The predicted molar refractivity (Wildman–Crippen MR) is 65.8 cm³/mol. The molecule has 5 nitrogen and oxygen atoms in total. The SMILES string of the molecule is O=C(O)c1cc(C2SCCS2)cnc1C(=O)O. The summed E-state index contributed by atoms with van der Waals surface area (Å²) in [5.41, 5.74) is 0.109. The molecule has 0 atom stereocenters. The third-order valence-electron chi connectivity index (χ3n) is 2.24. The molecule has 0 amide bonds. The van der Waals surface area contributed by atoms with Crippen LogP contribution in [0.3, 0.4) is 0 Å². The normalized spacial score (nSPS) is 16.0. The van der Waals surface area contributed by atoms with Gasteiger partial charge in [-0.05, 0) is 11.6 Å². The lowest BCUT2D eigenvalue weighted by Gasteiger charge is -2.09. The molecule has 0 spiro atoms. The van der Waals surface area contributed by atoms with Crippen LogP contribution < -0.4 is 0 Å². The van der Waals surface area contributed by atoms with Gasteiger partial charge in [0.15, 0.2) is 5.69 Å². The minimum atomic E-state index is -1.32. The second-order valence-electron chi connectivity index (χ2n) is 3.35. The van der Waals surface area contributed by atoms with Crippen LogP contribution in [-0.4, -0.2) is 38.6 Å². The van der Waals surface area contributed by atoms with Crippen LogP contribution in [-0.2, 0) is 0 Å². The highest BCUT2D eigenvalue weighted by Crippen LogP contribution is 2.45. The van der Waals surface area contributed by atoms with Crippen LogP contribution >= 0.6 is 23.5 Å². The van der Waals surface area contributed by atoms with Crippen LogP contribution in [0.25, 0.3) is 0 Å². The number of pyridine rings is 1. The standard InChI is InChI=1S/C10H9NO4S2/c12-8(13)6-3-5(10-16-1-2-17-10)4-11-7(6)9(14)15/h3-4,10H,1-2H2,(H,12,13)(H,14,15). The number of hydrogen-bond donors (Lipinski definition) is 2. The zero-order valence-corrected chi connectivity index (χ0v) is 10.3. The second-order valence-corrected chi connectivity index (χ2v) is 6.07. The molecule has 0 aliphatic carbocycles. The monoisotopic (exact) mass is 271 g/mol. The number of carbonyl (C=O) groups is 2. The van der Waals surface area contributed by atoms with E-state index >= 15 is 0 Å². The van der Waals surface area contributed by atoms with E-state index in [1.54, 1.807) is 23.5 Å². The van der Waals surface area contributed by atoms with Gasteiger partial charge in [-0.25, -0.2) is 14.6 Å². The van der Waals surface area contributed by atoms with E-state index in [1.807, 2.05) is 0 Å². The third kappa shape index (κ3) is 2.55. The first-order valence-electron chi connectivity index (χ1n) is 4.79. The van der Waals surface area contributed by atoms with Crippen LogP contribution in [0.2, 0.25) is 0 Å². The Morgan fingerprint density at radius 1 is 1.24 bits per heavy atom. The number of aromatic carboxylic acids is 2. The Balaban J connectivity index is 2.41. The molecule has 7 heteroatoms. The lowest BCUT2D eigenvalue weighted by molar-refractivity contribution is 0.0646. The van der Waals surface area contributed by atoms with E-state index in [2.05, 4.69) is 4.98 Å². The van der Waals surface area contributed by atoms with E-state index in [0.717, 1.165) is 17.1 Å². The molecule has 0 unspecified atom stereocenters. The van der Waals surface area contributed by atoms with Gasteiger partial charge in [-0.2, -0.15) is 0 Å². The van der Waals surface area contributed by atoms with E-state index < -0.39 is 17.6 Å². The molecule has 1 aliphatic rings. The maximum Gasteiger partial charge on any atom is 0.355 e. The van der Waals surface area contributed by atoms with Gasteiger partial charge >= 0.3 is 11.9 Å². The Kier molecular flexibility index (Phi) is 3.58. The number of hydrogen-bond acceptors (Lipinski definition) is 5. The smallest absolute Gasteiger partial charge is 0.355 e. The highest BCUT2D eigenvalue weighted by atomic mass is 32.2. The summed E-state index contributed by atoms with van der Waals surface area (Å²) in [5.74, 6) is -0.554. The minimum absolute atomic E-state index is 0.156. The van der Waals surface area contributed by atoms with E-state index in [9.17, 15) is 9.59 Å². The van der Waals surface area contributed by atoms with Crippen molar-refractivity contribution in [3.8, 4) is 0 Å². The Labute approximate surface area is 106 Å². The maximum absolute atomic E-state index is 11.0. The highest BCUT2D eigenvalue weighted by molar-refractivity contribution is 8.19. The summed E-state index contributed by atoms with van der Waals surface area (Å²) in [5, 5.41) is 17.8. The van der Waals surface area contributed by atoms with Crippen molar-refractivity contribution in [2.75, 3.05) is 11.5 Å². The Hall–Kier alpha value is -1.21. The molecule has 0 bridgehead atoms. The number of carboxylic acid groups (broad SMARTS) is 2. The molecule has 90 valence electrons. The van der Waals surface area contributed by atoms with Gasteiger partial charge in [0.1, 0.15) is 0 Å². The fourth-order valence-corrected chi connectivity index (χ4v) is 4.30. The minimum Gasteiger partial charge on any atom is -0.478 e. The van der Waals surface area contributed by atoms with Crippen molar-refractivity contribution in [1.82, 2.24) is 4.98 Å². The summed E-state index contributed by atoms with van der Waals surface area (Å²) in [7, 11) is 0. The van der Waals surface area contributed by atoms with Gasteiger partial charge in [0.25, 0.3) is 0 Å². The fourth-order valence-electron chi connectivity index (χ4n) is 1.49. The number of nitrogens with zero attached hydrogens (tertiary/aromatic N) is 1. The second kappa shape index (κ2) is 4.97. The number of rotatable bonds is 3. The summed E-state index contributed by atoms with van der Waals surface area (Å²) in [6.07, 6.45) is 1.45. The first-order valence-corrected chi connectivity index (χ1v) is 6.89. The topological polar surface area (TPSA) is 87.5 Å². The number of thioether (sulfide) groups is 2. The van der Waals surface area contributed by atoms with Gasteiger partial charge in [0, 0.05) is 17.7 Å². The average molecular weight is 271 g/mol. The Bertz CT molecular complexity index is 471. The van der Waals surface area contributed by atoms with Crippen molar-refractivity contribution in [3.63, 3.8) is 0 Å². The molecule has 1 aliphatic heterocycles. The van der Waals surface area contributed by atoms with Crippen molar-refractivity contribution in [2.24, 2.45) is 0 Å². The molecule has 0 aromatic carbocycles. The van der Waals surface area contributed by atoms with Crippen LogP contribution in [0.1, 0.15) is 31.0 Å². The quantitative estimate of drug-likeness (QED) is 0.868. The lowest BCUT2D eigenvalue weighted by atomic mass is 10.1. The lowest BCUT2D eigenvalue weighted by Crippen LogP contribution is -2.11. The molecule has 2 N–H and O–H groups in total. The summed E-state index contributed by atoms with van der Waals surface area (Å²) < 4.78 is 0.156. The van der Waals surface area contributed by atoms with Crippen LogP contribution in [0.4, 0.5) is 0 Å². The van der Waals surface area contributed by atoms with Crippen LogP contribution in [0.15, 0.2) is 12.3 Å².